The van der Waals surface area contributed by atoms with Gasteiger partial charge in [-0.2, -0.15) is 5.10 Å². The van der Waals surface area contributed by atoms with Crippen molar-refractivity contribution in [2.24, 2.45) is 0 Å². The van der Waals surface area contributed by atoms with Crippen LogP contribution in [0.3, 0.4) is 0 Å². The zero-order chi connectivity index (χ0) is 23.2. The second-order valence-electron chi connectivity index (χ2n) is 8.61. The number of phenols is 1. The van der Waals surface area contributed by atoms with Crippen LogP contribution in [0.5, 0.6) is 11.6 Å². The molecular formula is C23H24F2N6O2. The van der Waals surface area contributed by atoms with Gasteiger partial charge in [-0.25, -0.2) is 8.78 Å². The van der Waals surface area contributed by atoms with Gasteiger partial charge in [0.05, 0.1) is 25.0 Å². The summed E-state index contributed by atoms with van der Waals surface area (Å²) in [5.74, 6) is -1.61. The number of rotatable bonds is 5. The Balaban J connectivity index is 1.33. The topological polar surface area (TPSA) is 96.3 Å². The Bertz CT molecular complexity index is 1160. The molecule has 2 bridgehead atoms. The lowest BCUT2D eigenvalue weighted by Gasteiger charge is -2.36. The lowest BCUT2D eigenvalue weighted by molar-refractivity contribution is -0.0128. The molecule has 10 heteroatoms. The van der Waals surface area contributed by atoms with Crippen LogP contribution >= 0.6 is 0 Å². The summed E-state index contributed by atoms with van der Waals surface area (Å²) in [5.41, 5.74) is 2.56. The van der Waals surface area contributed by atoms with Crippen LogP contribution in [0.1, 0.15) is 19.3 Å². The monoisotopic (exact) mass is 454 g/mol. The minimum Gasteiger partial charge on any atom is -0.507 e. The number of methoxy groups -OCH3 is 1. The van der Waals surface area contributed by atoms with E-state index in [-0.39, 0.29) is 24.3 Å². The van der Waals surface area contributed by atoms with Crippen molar-refractivity contribution in [3.8, 4) is 34.0 Å². The standard InChI is InChI=1S/C23H24F2N6O2/c1-31(16-9-15-11-23(24,25)20(10-16)27-15)21-6-5-18(28-29-21)17-4-3-13(7-19(17)32)14-8-22(33-2)30-26-12-14/h3-8,12,15-16,20,27,32H,9-11H2,1-2H3/t15-,16+,20+/m1/s1. The van der Waals surface area contributed by atoms with Crippen molar-refractivity contribution in [3.05, 3.63) is 42.6 Å². The molecule has 4 heterocycles. The van der Waals surface area contributed by atoms with Gasteiger partial charge in [-0.3, -0.25) is 0 Å². The van der Waals surface area contributed by atoms with Gasteiger partial charge in [0, 0.05) is 42.7 Å². The third-order valence-corrected chi connectivity index (χ3v) is 6.54. The van der Waals surface area contributed by atoms with E-state index in [1.165, 1.54) is 7.11 Å². The molecule has 2 saturated heterocycles. The highest BCUT2D eigenvalue weighted by atomic mass is 19.3. The molecule has 3 aromatic rings. The van der Waals surface area contributed by atoms with E-state index in [2.05, 4.69) is 25.7 Å². The van der Waals surface area contributed by atoms with Crippen LogP contribution in [0.15, 0.2) is 42.6 Å². The van der Waals surface area contributed by atoms with Crippen LogP contribution in [-0.4, -0.2) is 63.7 Å². The molecule has 3 atom stereocenters. The zero-order valence-electron chi connectivity index (χ0n) is 18.2. The number of benzene rings is 1. The molecule has 8 nitrogen and oxygen atoms in total. The number of halogens is 2. The van der Waals surface area contributed by atoms with Gasteiger partial charge in [0.25, 0.3) is 5.92 Å². The number of ether oxygens (including phenoxy) is 1. The SMILES string of the molecule is COc1cc(-c2ccc(-c3ccc(N(C)[C@H]4C[C@@H]5CC(F)(F)[C@H](C4)N5)nn3)c(O)c2)cnn1. The average Bonchev–Trinajstić information content (AvgIpc) is 3.04. The Kier molecular flexibility index (Phi) is 5.32. The minimum absolute atomic E-state index is 0.0339. The highest BCUT2D eigenvalue weighted by molar-refractivity contribution is 5.74. The van der Waals surface area contributed by atoms with Gasteiger partial charge in [-0.05, 0) is 42.7 Å². The average molecular weight is 454 g/mol. The number of anilines is 1. The van der Waals surface area contributed by atoms with Gasteiger partial charge < -0.3 is 20.1 Å². The molecule has 33 heavy (non-hydrogen) atoms. The van der Waals surface area contributed by atoms with Crippen molar-refractivity contribution >= 4 is 5.82 Å². The number of nitrogens with one attached hydrogen (secondary N) is 1. The number of alkyl halides is 2. The fourth-order valence-electron chi connectivity index (χ4n) is 4.72. The zero-order valence-corrected chi connectivity index (χ0v) is 18.2. The molecule has 0 amide bonds. The van der Waals surface area contributed by atoms with Crippen LogP contribution in [0.4, 0.5) is 14.6 Å². The van der Waals surface area contributed by atoms with E-state index in [0.717, 1.165) is 11.1 Å². The molecule has 5 rings (SSSR count). The highest BCUT2D eigenvalue weighted by Crippen LogP contribution is 2.41. The van der Waals surface area contributed by atoms with Gasteiger partial charge in [0.15, 0.2) is 5.82 Å². The Morgan fingerprint density at radius 2 is 1.94 bits per heavy atom. The fourth-order valence-corrected chi connectivity index (χ4v) is 4.72. The molecule has 1 aromatic carbocycles. The summed E-state index contributed by atoms with van der Waals surface area (Å²) >= 11 is 0. The number of aromatic hydroxyl groups is 1. The van der Waals surface area contributed by atoms with E-state index in [1.807, 2.05) is 18.0 Å². The van der Waals surface area contributed by atoms with Crippen LogP contribution in [0.25, 0.3) is 22.4 Å². The molecule has 0 unspecified atom stereocenters. The van der Waals surface area contributed by atoms with Gasteiger partial charge in [-0.15, -0.1) is 15.3 Å². The molecule has 2 aliphatic heterocycles. The number of hydrogen-bond donors (Lipinski definition) is 2. The molecule has 0 spiro atoms. The molecule has 2 fully saturated rings. The second-order valence-corrected chi connectivity index (χ2v) is 8.61. The molecule has 2 aromatic heterocycles. The van der Waals surface area contributed by atoms with Gasteiger partial charge in [-0.1, -0.05) is 6.07 Å². The van der Waals surface area contributed by atoms with E-state index in [1.54, 1.807) is 36.5 Å². The number of nitrogens with zero attached hydrogens (tertiary/aromatic N) is 5. The minimum atomic E-state index is -2.66. The fraction of sp³-hybridized carbons (Fsp3) is 0.391. The van der Waals surface area contributed by atoms with E-state index in [0.29, 0.717) is 35.8 Å². The maximum atomic E-state index is 14.0. The molecule has 0 aliphatic carbocycles. The lowest BCUT2D eigenvalue weighted by atomic mass is 9.98. The number of fused-ring (bicyclic) bond motifs is 2. The highest BCUT2D eigenvalue weighted by Gasteiger charge is 2.53. The van der Waals surface area contributed by atoms with E-state index >= 15 is 0 Å². The van der Waals surface area contributed by atoms with Crippen molar-refractivity contribution < 1.29 is 18.6 Å². The smallest absolute Gasteiger partial charge is 0.264 e. The summed E-state index contributed by atoms with van der Waals surface area (Å²) in [4.78, 5) is 1.92. The van der Waals surface area contributed by atoms with Gasteiger partial charge in [0.2, 0.25) is 5.88 Å². The van der Waals surface area contributed by atoms with E-state index in [9.17, 15) is 13.9 Å². The summed E-state index contributed by atoms with van der Waals surface area (Å²) in [6, 6.07) is 9.53. The first-order valence-electron chi connectivity index (χ1n) is 10.7. The number of piperidine rings is 1. The molecule has 2 N–H and O–H groups in total. The van der Waals surface area contributed by atoms with E-state index < -0.39 is 12.0 Å². The largest absolute Gasteiger partial charge is 0.507 e. The lowest BCUT2D eigenvalue weighted by Crippen LogP contribution is -2.49. The van der Waals surface area contributed by atoms with Gasteiger partial charge in [0.1, 0.15) is 5.75 Å². The van der Waals surface area contributed by atoms with Crippen molar-refractivity contribution in [2.45, 2.75) is 43.3 Å². The summed E-state index contributed by atoms with van der Waals surface area (Å²) in [5, 5.41) is 30.0. The predicted molar refractivity (Wildman–Crippen MR) is 118 cm³/mol. The predicted octanol–water partition coefficient (Wildman–Crippen LogP) is 3.28. The Morgan fingerprint density at radius 1 is 1.09 bits per heavy atom. The van der Waals surface area contributed by atoms with Crippen LogP contribution in [0, 0.1) is 0 Å². The summed E-state index contributed by atoms with van der Waals surface area (Å²) in [7, 11) is 3.37. The first kappa shape index (κ1) is 21.4. The van der Waals surface area contributed by atoms with Crippen LogP contribution in [-0.2, 0) is 0 Å². The first-order chi connectivity index (χ1) is 15.8. The molecule has 0 radical (unpaired) electrons. The van der Waals surface area contributed by atoms with Crippen molar-refractivity contribution in [2.75, 3.05) is 19.1 Å². The third kappa shape index (κ3) is 4.06. The Hall–Kier alpha value is -3.40. The summed E-state index contributed by atoms with van der Waals surface area (Å²) in [6.07, 6.45) is 2.48. The van der Waals surface area contributed by atoms with Crippen LogP contribution in [0.2, 0.25) is 0 Å². The molecular weight excluding hydrogens is 430 g/mol. The Morgan fingerprint density at radius 3 is 2.64 bits per heavy atom. The summed E-state index contributed by atoms with van der Waals surface area (Å²) < 4.78 is 33.2. The van der Waals surface area contributed by atoms with E-state index in [4.69, 9.17) is 4.74 Å². The molecule has 2 aliphatic rings. The normalized spacial score (nSPS) is 23.3. The Labute approximate surface area is 189 Å². The quantitative estimate of drug-likeness (QED) is 0.607. The van der Waals surface area contributed by atoms with Crippen molar-refractivity contribution in [1.82, 2.24) is 25.7 Å². The molecule has 0 saturated carbocycles. The maximum absolute atomic E-state index is 14.0. The second kappa shape index (κ2) is 8.18. The third-order valence-electron chi connectivity index (χ3n) is 6.54. The molecule has 172 valence electrons. The number of aromatic nitrogens is 4. The van der Waals surface area contributed by atoms with Crippen molar-refractivity contribution in [3.63, 3.8) is 0 Å². The number of phenolic OH excluding ortho intramolecular Hbond substituents is 1. The summed E-state index contributed by atoms with van der Waals surface area (Å²) in [6.45, 7) is 0. The first-order valence-corrected chi connectivity index (χ1v) is 10.7. The van der Waals surface area contributed by atoms with Gasteiger partial charge >= 0.3 is 0 Å². The van der Waals surface area contributed by atoms with Crippen LogP contribution < -0.4 is 15.0 Å². The van der Waals surface area contributed by atoms with Crippen molar-refractivity contribution in [1.29, 1.82) is 0 Å². The number of hydrogen-bond acceptors (Lipinski definition) is 8. The maximum Gasteiger partial charge on any atom is 0.264 e.